The first kappa shape index (κ1) is 14.8. The van der Waals surface area contributed by atoms with Crippen LogP contribution in [0.15, 0.2) is 0 Å². The predicted molar refractivity (Wildman–Crippen MR) is 74.9 cm³/mol. The average molecular weight is 268 g/mol. The molecule has 3 atom stereocenters. The normalized spacial score (nSPS) is 29.1. The number of hydrogen-bond acceptors (Lipinski definition) is 3. The fourth-order valence-electron chi connectivity index (χ4n) is 3.15. The van der Waals surface area contributed by atoms with Crippen molar-refractivity contribution in [1.29, 1.82) is 0 Å². The van der Waals surface area contributed by atoms with Crippen LogP contribution in [0.25, 0.3) is 0 Å². The van der Waals surface area contributed by atoms with Gasteiger partial charge in [-0.3, -0.25) is 4.79 Å². The van der Waals surface area contributed by atoms with Crippen LogP contribution in [0, 0.1) is 11.8 Å². The fraction of sp³-hybridized carbons (Fsp3) is 0.938. The van der Waals surface area contributed by atoms with Crippen molar-refractivity contribution in [3.8, 4) is 0 Å². The van der Waals surface area contributed by atoms with Crippen LogP contribution in [-0.4, -0.2) is 24.8 Å². The quantitative estimate of drug-likeness (QED) is 0.497. The van der Waals surface area contributed by atoms with Crippen LogP contribution >= 0.6 is 0 Å². The van der Waals surface area contributed by atoms with Gasteiger partial charge in [0, 0.05) is 6.42 Å². The van der Waals surface area contributed by atoms with Gasteiger partial charge in [-0.05, 0) is 43.9 Å². The maximum atomic E-state index is 11.7. The molecule has 2 rings (SSSR count). The standard InChI is InChI=1S/C16H28O3/c1-3-12(4-2)6-5-7-16(17)18-11-13-8-9-14-15(10-13)19-14/h12-15H,3-11H2,1-2H3. The Balaban J connectivity index is 1.52. The van der Waals surface area contributed by atoms with Crippen molar-refractivity contribution < 1.29 is 14.3 Å². The number of ether oxygens (including phenoxy) is 2. The molecule has 0 spiro atoms. The molecule has 19 heavy (non-hydrogen) atoms. The van der Waals surface area contributed by atoms with Crippen LogP contribution in [0.2, 0.25) is 0 Å². The van der Waals surface area contributed by atoms with Gasteiger partial charge in [-0.2, -0.15) is 0 Å². The molecule has 1 heterocycles. The summed E-state index contributed by atoms with van der Waals surface area (Å²) in [6.45, 7) is 5.06. The molecule has 1 aliphatic heterocycles. The lowest BCUT2D eigenvalue weighted by Crippen LogP contribution is -2.20. The van der Waals surface area contributed by atoms with E-state index >= 15 is 0 Å². The summed E-state index contributed by atoms with van der Waals surface area (Å²) in [5.41, 5.74) is 0. The second-order valence-electron chi connectivity index (χ2n) is 6.15. The highest BCUT2D eigenvalue weighted by Gasteiger charge is 2.43. The maximum Gasteiger partial charge on any atom is 0.305 e. The Morgan fingerprint density at radius 3 is 2.74 bits per heavy atom. The van der Waals surface area contributed by atoms with Crippen LogP contribution in [-0.2, 0) is 14.3 Å². The summed E-state index contributed by atoms with van der Waals surface area (Å²) in [6.07, 6.45) is 9.57. The van der Waals surface area contributed by atoms with E-state index in [9.17, 15) is 4.79 Å². The molecule has 0 aromatic heterocycles. The number of fused-ring (bicyclic) bond motifs is 1. The molecule has 110 valence electrons. The number of rotatable bonds is 8. The van der Waals surface area contributed by atoms with Gasteiger partial charge in [0.2, 0.25) is 0 Å². The molecule has 1 saturated heterocycles. The topological polar surface area (TPSA) is 38.8 Å². The molecule has 2 aliphatic rings. The molecule has 3 nitrogen and oxygen atoms in total. The average Bonchev–Trinajstić information content (AvgIpc) is 3.20. The molecular weight excluding hydrogens is 240 g/mol. The van der Waals surface area contributed by atoms with E-state index in [1.807, 2.05) is 0 Å². The van der Waals surface area contributed by atoms with Crippen molar-refractivity contribution in [2.24, 2.45) is 11.8 Å². The van der Waals surface area contributed by atoms with Gasteiger partial charge in [0.25, 0.3) is 0 Å². The Morgan fingerprint density at radius 2 is 2.05 bits per heavy atom. The second kappa shape index (κ2) is 7.28. The lowest BCUT2D eigenvalue weighted by Gasteiger charge is -2.18. The maximum absolute atomic E-state index is 11.7. The molecule has 0 aromatic rings. The van der Waals surface area contributed by atoms with Gasteiger partial charge in [0.1, 0.15) is 0 Å². The number of carbonyl (C=O) groups excluding carboxylic acids is 1. The Bertz CT molecular complexity index is 286. The summed E-state index contributed by atoms with van der Waals surface area (Å²) in [5, 5.41) is 0. The van der Waals surface area contributed by atoms with Gasteiger partial charge in [-0.25, -0.2) is 0 Å². The highest BCUT2D eigenvalue weighted by Crippen LogP contribution is 2.39. The van der Waals surface area contributed by atoms with Gasteiger partial charge in [0.05, 0.1) is 18.8 Å². The molecule has 1 saturated carbocycles. The summed E-state index contributed by atoms with van der Waals surface area (Å²) in [6, 6.07) is 0. The van der Waals surface area contributed by atoms with Crippen LogP contribution in [0.3, 0.4) is 0 Å². The van der Waals surface area contributed by atoms with Crippen LogP contribution < -0.4 is 0 Å². The largest absolute Gasteiger partial charge is 0.465 e. The molecule has 1 aliphatic carbocycles. The molecule has 2 fully saturated rings. The lowest BCUT2D eigenvalue weighted by molar-refractivity contribution is -0.145. The Morgan fingerprint density at radius 1 is 1.26 bits per heavy atom. The number of epoxide rings is 1. The first-order valence-corrected chi connectivity index (χ1v) is 8.04. The lowest BCUT2D eigenvalue weighted by atomic mass is 9.90. The van der Waals surface area contributed by atoms with Gasteiger partial charge in [-0.1, -0.05) is 26.7 Å². The minimum absolute atomic E-state index is 0.00945. The molecule has 0 aromatic carbocycles. The van der Waals surface area contributed by atoms with Crippen molar-refractivity contribution in [3.05, 3.63) is 0 Å². The zero-order chi connectivity index (χ0) is 13.7. The Labute approximate surface area is 117 Å². The third-order valence-electron chi connectivity index (χ3n) is 4.74. The molecule has 3 unspecified atom stereocenters. The highest BCUT2D eigenvalue weighted by atomic mass is 16.6. The smallest absolute Gasteiger partial charge is 0.305 e. The van der Waals surface area contributed by atoms with E-state index in [0.29, 0.717) is 31.2 Å². The van der Waals surface area contributed by atoms with Crippen molar-refractivity contribution in [2.75, 3.05) is 6.61 Å². The van der Waals surface area contributed by atoms with Gasteiger partial charge < -0.3 is 9.47 Å². The first-order chi connectivity index (χ1) is 9.22. The van der Waals surface area contributed by atoms with E-state index in [-0.39, 0.29) is 5.97 Å². The first-order valence-electron chi connectivity index (χ1n) is 8.04. The summed E-state index contributed by atoms with van der Waals surface area (Å²) >= 11 is 0. The summed E-state index contributed by atoms with van der Waals surface area (Å²) < 4.78 is 10.9. The van der Waals surface area contributed by atoms with E-state index in [4.69, 9.17) is 9.47 Å². The Kier molecular flexibility index (Phi) is 5.68. The summed E-state index contributed by atoms with van der Waals surface area (Å²) in [4.78, 5) is 11.7. The van der Waals surface area contributed by atoms with E-state index in [1.165, 1.54) is 12.8 Å². The van der Waals surface area contributed by atoms with Crippen LogP contribution in [0.5, 0.6) is 0 Å². The third-order valence-corrected chi connectivity index (χ3v) is 4.74. The Hall–Kier alpha value is -0.570. The zero-order valence-corrected chi connectivity index (χ0v) is 12.4. The summed E-state index contributed by atoms with van der Waals surface area (Å²) in [7, 11) is 0. The van der Waals surface area contributed by atoms with Crippen LogP contribution in [0.1, 0.15) is 65.2 Å². The van der Waals surface area contributed by atoms with Crippen molar-refractivity contribution in [3.63, 3.8) is 0 Å². The van der Waals surface area contributed by atoms with Crippen LogP contribution in [0.4, 0.5) is 0 Å². The SMILES string of the molecule is CCC(CC)CCCC(=O)OCC1CCC2OC2C1. The molecule has 0 amide bonds. The molecular formula is C16H28O3. The highest BCUT2D eigenvalue weighted by molar-refractivity contribution is 5.69. The monoisotopic (exact) mass is 268 g/mol. The molecule has 0 bridgehead atoms. The van der Waals surface area contributed by atoms with E-state index < -0.39 is 0 Å². The van der Waals surface area contributed by atoms with E-state index in [2.05, 4.69) is 13.8 Å². The van der Waals surface area contributed by atoms with Crippen molar-refractivity contribution in [1.82, 2.24) is 0 Å². The van der Waals surface area contributed by atoms with Crippen molar-refractivity contribution in [2.45, 2.75) is 77.4 Å². The predicted octanol–water partition coefficient (Wildman–Crippen LogP) is 3.70. The second-order valence-corrected chi connectivity index (χ2v) is 6.15. The minimum Gasteiger partial charge on any atom is -0.465 e. The third kappa shape index (κ3) is 4.79. The number of hydrogen-bond donors (Lipinski definition) is 0. The molecule has 0 radical (unpaired) electrons. The fourth-order valence-corrected chi connectivity index (χ4v) is 3.15. The van der Waals surface area contributed by atoms with E-state index in [0.717, 1.165) is 38.0 Å². The van der Waals surface area contributed by atoms with Gasteiger partial charge in [0.15, 0.2) is 0 Å². The molecule has 0 N–H and O–H groups in total. The summed E-state index contributed by atoms with van der Waals surface area (Å²) in [5.74, 6) is 1.30. The van der Waals surface area contributed by atoms with E-state index in [1.54, 1.807) is 0 Å². The van der Waals surface area contributed by atoms with Crippen molar-refractivity contribution >= 4 is 5.97 Å². The zero-order valence-electron chi connectivity index (χ0n) is 12.4. The number of carbonyl (C=O) groups is 1. The van der Waals surface area contributed by atoms with Gasteiger partial charge in [-0.15, -0.1) is 0 Å². The number of esters is 1. The molecule has 3 heteroatoms. The minimum atomic E-state index is -0.00945. The van der Waals surface area contributed by atoms with Gasteiger partial charge >= 0.3 is 5.97 Å².